The molecule has 0 aliphatic carbocycles. The average Bonchev–Trinajstić information content (AvgIpc) is 2.82. The van der Waals surface area contributed by atoms with E-state index in [9.17, 15) is 5.11 Å². The molecule has 2 atom stereocenters. The number of hydrogen-bond donors (Lipinski definition) is 1. The Morgan fingerprint density at radius 2 is 2.29 bits per heavy atom. The first-order valence-corrected chi connectivity index (χ1v) is 7.64. The zero-order chi connectivity index (χ0) is 11.7. The quantitative estimate of drug-likeness (QED) is 0.866. The third-order valence-corrected chi connectivity index (χ3v) is 5.07. The molecule has 1 aromatic rings. The van der Waals surface area contributed by atoms with Crippen molar-refractivity contribution in [3.63, 3.8) is 0 Å². The van der Waals surface area contributed by atoms with Crippen molar-refractivity contribution in [2.45, 2.75) is 38.1 Å². The fourth-order valence-electron chi connectivity index (χ4n) is 2.81. The Labute approximate surface area is 106 Å². The second-order valence-corrected chi connectivity index (χ2v) is 6.24. The van der Waals surface area contributed by atoms with Gasteiger partial charge in [-0.05, 0) is 25.0 Å². The molecule has 94 valence electrons. The van der Waals surface area contributed by atoms with Gasteiger partial charge in [-0.3, -0.25) is 0 Å². The molecule has 1 N–H and O–H groups in total. The van der Waals surface area contributed by atoms with Crippen LogP contribution in [0.25, 0.3) is 0 Å². The second-order valence-electron chi connectivity index (χ2n) is 5.09. The van der Waals surface area contributed by atoms with E-state index in [-0.39, 0.29) is 6.61 Å². The Morgan fingerprint density at radius 3 is 3.06 bits per heavy atom. The molecule has 1 aromatic heterocycles. The van der Waals surface area contributed by atoms with Gasteiger partial charge in [0.15, 0.2) is 0 Å². The monoisotopic (exact) mass is 253 g/mol. The zero-order valence-electron chi connectivity index (χ0n) is 10.0. The van der Waals surface area contributed by atoms with Crippen molar-refractivity contribution in [3.05, 3.63) is 11.6 Å². The fourth-order valence-corrected chi connectivity index (χ4v) is 3.95. The highest BCUT2D eigenvalue weighted by atomic mass is 32.2. The number of nitrogens with zero attached hydrogens (tertiary/aromatic N) is 3. The van der Waals surface area contributed by atoms with Crippen molar-refractivity contribution in [2.24, 2.45) is 5.92 Å². The lowest BCUT2D eigenvalue weighted by Crippen LogP contribution is -2.26. The highest BCUT2D eigenvalue weighted by Crippen LogP contribution is 2.32. The number of hydrogen-bond acceptors (Lipinski definition) is 4. The van der Waals surface area contributed by atoms with Crippen molar-refractivity contribution in [3.8, 4) is 0 Å². The van der Waals surface area contributed by atoms with Gasteiger partial charge in [0, 0.05) is 37.2 Å². The summed E-state index contributed by atoms with van der Waals surface area (Å²) in [7, 11) is 0. The van der Waals surface area contributed by atoms with Crippen molar-refractivity contribution in [1.82, 2.24) is 14.8 Å². The third kappa shape index (κ3) is 2.22. The van der Waals surface area contributed by atoms with E-state index in [1.165, 1.54) is 30.2 Å². The maximum absolute atomic E-state index is 9.30. The van der Waals surface area contributed by atoms with E-state index < -0.39 is 0 Å². The first kappa shape index (κ1) is 11.5. The van der Waals surface area contributed by atoms with Gasteiger partial charge in [0.1, 0.15) is 11.6 Å². The van der Waals surface area contributed by atoms with Crippen LogP contribution in [0.2, 0.25) is 0 Å². The lowest BCUT2D eigenvalue weighted by Gasteiger charge is -2.26. The lowest BCUT2D eigenvalue weighted by molar-refractivity contribution is 0.189. The zero-order valence-corrected chi connectivity index (χ0v) is 10.8. The number of aryl methyl sites for hydroxylation is 1. The molecule has 1 fully saturated rings. The van der Waals surface area contributed by atoms with E-state index in [4.69, 9.17) is 0 Å². The van der Waals surface area contributed by atoms with E-state index in [0.29, 0.717) is 11.8 Å². The van der Waals surface area contributed by atoms with Crippen LogP contribution in [0.1, 0.15) is 36.8 Å². The van der Waals surface area contributed by atoms with Crippen LogP contribution in [0.15, 0.2) is 0 Å². The first-order valence-electron chi connectivity index (χ1n) is 6.49. The molecule has 2 unspecified atom stereocenters. The Kier molecular flexibility index (Phi) is 3.38. The molecule has 4 nitrogen and oxygen atoms in total. The molecule has 17 heavy (non-hydrogen) atoms. The maximum atomic E-state index is 9.30. The largest absolute Gasteiger partial charge is 0.396 e. The minimum atomic E-state index is 0.288. The predicted octanol–water partition coefficient (Wildman–Crippen LogP) is 1.44. The van der Waals surface area contributed by atoms with Gasteiger partial charge in [-0.2, -0.15) is 11.8 Å². The fraction of sp³-hybridized carbons (Fsp3) is 0.833. The van der Waals surface area contributed by atoms with Gasteiger partial charge < -0.3 is 9.67 Å². The van der Waals surface area contributed by atoms with Crippen molar-refractivity contribution in [1.29, 1.82) is 0 Å². The van der Waals surface area contributed by atoms with Crippen molar-refractivity contribution in [2.75, 3.05) is 18.1 Å². The third-order valence-electron chi connectivity index (χ3n) is 3.86. The summed E-state index contributed by atoms with van der Waals surface area (Å²) in [4.78, 5) is 0. The van der Waals surface area contributed by atoms with Crippen LogP contribution in [-0.4, -0.2) is 38.0 Å². The van der Waals surface area contributed by atoms with Crippen LogP contribution >= 0.6 is 11.8 Å². The summed E-state index contributed by atoms with van der Waals surface area (Å²) in [6.45, 7) is 1.20. The summed E-state index contributed by atoms with van der Waals surface area (Å²) < 4.78 is 2.28. The maximum Gasteiger partial charge on any atom is 0.136 e. The van der Waals surface area contributed by atoms with E-state index >= 15 is 0 Å². The molecule has 3 rings (SSSR count). The van der Waals surface area contributed by atoms with Crippen LogP contribution in [0, 0.1) is 5.92 Å². The molecule has 2 aliphatic rings. The van der Waals surface area contributed by atoms with Gasteiger partial charge in [-0.1, -0.05) is 0 Å². The summed E-state index contributed by atoms with van der Waals surface area (Å²) in [5.41, 5.74) is 0. The Hall–Kier alpha value is -0.550. The van der Waals surface area contributed by atoms with Crippen molar-refractivity contribution >= 4 is 11.8 Å². The molecular formula is C12H19N3OS. The number of aliphatic hydroxyl groups is 1. The standard InChI is InChI=1S/C12H19N3OS/c16-7-9-3-4-11-13-14-12(15(11)6-9)10-2-1-5-17-8-10/h9-10,16H,1-8H2. The van der Waals surface area contributed by atoms with Gasteiger partial charge >= 0.3 is 0 Å². The minimum absolute atomic E-state index is 0.288. The molecule has 0 saturated carbocycles. The summed E-state index contributed by atoms with van der Waals surface area (Å²) in [5.74, 6) is 5.74. The summed E-state index contributed by atoms with van der Waals surface area (Å²) in [6, 6.07) is 0. The molecule has 3 heterocycles. The first-order chi connectivity index (χ1) is 8.38. The normalized spacial score (nSPS) is 29.0. The molecular weight excluding hydrogens is 234 g/mol. The van der Waals surface area contributed by atoms with Gasteiger partial charge in [-0.25, -0.2) is 0 Å². The lowest BCUT2D eigenvalue weighted by atomic mass is 9.98. The molecule has 0 amide bonds. The molecule has 5 heteroatoms. The Balaban J connectivity index is 1.83. The predicted molar refractivity (Wildman–Crippen MR) is 68.2 cm³/mol. The minimum Gasteiger partial charge on any atom is -0.396 e. The number of thioether (sulfide) groups is 1. The average molecular weight is 253 g/mol. The number of rotatable bonds is 2. The van der Waals surface area contributed by atoms with Crippen LogP contribution in [0.3, 0.4) is 0 Å². The molecule has 0 aromatic carbocycles. The summed E-state index contributed by atoms with van der Waals surface area (Å²) >= 11 is 2.03. The molecule has 1 saturated heterocycles. The Bertz CT molecular complexity index is 387. The highest BCUT2D eigenvalue weighted by molar-refractivity contribution is 7.99. The number of aromatic nitrogens is 3. The van der Waals surface area contributed by atoms with E-state index in [0.717, 1.165) is 25.2 Å². The molecule has 0 bridgehead atoms. The van der Waals surface area contributed by atoms with Crippen LogP contribution in [0.5, 0.6) is 0 Å². The van der Waals surface area contributed by atoms with E-state index in [2.05, 4.69) is 14.8 Å². The van der Waals surface area contributed by atoms with Crippen molar-refractivity contribution < 1.29 is 5.11 Å². The molecule has 2 aliphatic heterocycles. The second kappa shape index (κ2) is 4.98. The molecule has 0 radical (unpaired) electrons. The van der Waals surface area contributed by atoms with Gasteiger partial charge in [0.25, 0.3) is 0 Å². The topological polar surface area (TPSA) is 50.9 Å². The highest BCUT2D eigenvalue weighted by Gasteiger charge is 2.27. The number of fused-ring (bicyclic) bond motifs is 1. The summed E-state index contributed by atoms with van der Waals surface area (Å²) in [5, 5.41) is 18.0. The SMILES string of the molecule is OCC1CCc2nnc(C3CCCSC3)n2C1. The number of aliphatic hydroxyl groups excluding tert-OH is 1. The summed E-state index contributed by atoms with van der Waals surface area (Å²) in [6.07, 6.45) is 4.56. The van der Waals surface area contributed by atoms with Crippen LogP contribution < -0.4 is 0 Å². The van der Waals surface area contributed by atoms with Crippen LogP contribution in [-0.2, 0) is 13.0 Å². The van der Waals surface area contributed by atoms with Gasteiger partial charge in [0.05, 0.1) is 0 Å². The van der Waals surface area contributed by atoms with Gasteiger partial charge in [-0.15, -0.1) is 10.2 Å². The smallest absolute Gasteiger partial charge is 0.136 e. The van der Waals surface area contributed by atoms with E-state index in [1.54, 1.807) is 0 Å². The Morgan fingerprint density at radius 1 is 1.35 bits per heavy atom. The van der Waals surface area contributed by atoms with Crippen LogP contribution in [0.4, 0.5) is 0 Å². The van der Waals surface area contributed by atoms with E-state index in [1.807, 2.05) is 11.8 Å². The van der Waals surface area contributed by atoms with Gasteiger partial charge in [0.2, 0.25) is 0 Å². The molecule has 0 spiro atoms.